The molecule has 88 valence electrons. The van der Waals surface area contributed by atoms with E-state index in [0.717, 1.165) is 10.6 Å². The topological polar surface area (TPSA) is 38.8 Å². The number of likely N-dealkylation sites (N-methyl/N-ethyl adjacent to an activating group) is 1. The number of hydroxylamine groups is 2. The molecule has 1 amide bonds. The molecule has 0 aliphatic heterocycles. The number of rotatable bonds is 4. The molecular weight excluding hydrogens is 230 g/mol. The van der Waals surface area contributed by atoms with Crippen LogP contribution < -0.4 is 4.74 Å². The minimum atomic E-state index is -0.278. The number of amides is 1. The predicted octanol–water partition coefficient (Wildman–Crippen LogP) is 2.05. The zero-order valence-electron chi connectivity index (χ0n) is 9.49. The van der Waals surface area contributed by atoms with Crippen LogP contribution in [0, 0.1) is 6.92 Å². The molecule has 0 atom stereocenters. The predicted molar refractivity (Wildman–Crippen MR) is 61.5 cm³/mol. The first-order valence-electron chi connectivity index (χ1n) is 4.74. The molecule has 1 rings (SSSR count). The van der Waals surface area contributed by atoms with Crippen LogP contribution in [0.4, 0.5) is 0 Å². The molecule has 16 heavy (non-hydrogen) atoms. The van der Waals surface area contributed by atoms with Gasteiger partial charge in [0.25, 0.3) is 5.91 Å². The second-order valence-corrected chi connectivity index (χ2v) is 3.70. The molecule has 5 heteroatoms. The molecule has 4 nitrogen and oxygen atoms in total. The van der Waals surface area contributed by atoms with Crippen LogP contribution in [0.3, 0.4) is 0 Å². The molecule has 0 fully saturated rings. The minimum Gasteiger partial charge on any atom is -0.482 e. The number of ether oxygens (including phenoxy) is 1. The number of halogens is 1. The lowest BCUT2D eigenvalue weighted by Crippen LogP contribution is -2.30. The average Bonchev–Trinajstić information content (AvgIpc) is 2.28. The van der Waals surface area contributed by atoms with Crippen LogP contribution in [0.25, 0.3) is 0 Å². The van der Waals surface area contributed by atoms with Gasteiger partial charge in [-0.05, 0) is 24.6 Å². The number of nitrogens with zero attached hydrogens (tertiary/aromatic N) is 1. The molecule has 0 aliphatic carbocycles. The van der Waals surface area contributed by atoms with Crippen LogP contribution in [-0.2, 0) is 9.63 Å². The van der Waals surface area contributed by atoms with Gasteiger partial charge < -0.3 is 4.74 Å². The Morgan fingerprint density at radius 1 is 1.50 bits per heavy atom. The highest BCUT2D eigenvalue weighted by atomic mass is 35.5. The summed E-state index contributed by atoms with van der Waals surface area (Å²) in [5.74, 6) is 0.222. The molecule has 0 N–H and O–H groups in total. The molecule has 1 aromatic carbocycles. The second-order valence-electron chi connectivity index (χ2n) is 3.30. The van der Waals surface area contributed by atoms with E-state index in [9.17, 15) is 4.79 Å². The van der Waals surface area contributed by atoms with Crippen molar-refractivity contribution >= 4 is 17.5 Å². The largest absolute Gasteiger partial charge is 0.482 e. The lowest BCUT2D eigenvalue weighted by atomic mass is 10.2. The molecule has 0 saturated carbocycles. The lowest BCUT2D eigenvalue weighted by Gasteiger charge is -2.14. The zero-order valence-corrected chi connectivity index (χ0v) is 10.2. The Bertz CT molecular complexity index is 381. The van der Waals surface area contributed by atoms with Crippen LogP contribution in [0.2, 0.25) is 5.02 Å². The summed E-state index contributed by atoms with van der Waals surface area (Å²) in [6, 6.07) is 5.39. The van der Waals surface area contributed by atoms with Crippen molar-refractivity contribution in [1.29, 1.82) is 0 Å². The Morgan fingerprint density at radius 3 is 2.81 bits per heavy atom. The first-order valence-corrected chi connectivity index (χ1v) is 5.12. The van der Waals surface area contributed by atoms with Gasteiger partial charge in [0.05, 0.1) is 12.1 Å². The van der Waals surface area contributed by atoms with Gasteiger partial charge in [0, 0.05) is 7.05 Å². The van der Waals surface area contributed by atoms with Crippen molar-refractivity contribution < 1.29 is 14.4 Å². The van der Waals surface area contributed by atoms with E-state index in [1.54, 1.807) is 12.1 Å². The smallest absolute Gasteiger partial charge is 0.283 e. The van der Waals surface area contributed by atoms with Crippen LogP contribution in [0.5, 0.6) is 5.75 Å². The Labute approximate surface area is 99.7 Å². The third kappa shape index (κ3) is 3.40. The van der Waals surface area contributed by atoms with E-state index < -0.39 is 0 Å². The number of carbonyl (C=O) groups is 1. The minimum absolute atomic E-state index is 0.104. The van der Waals surface area contributed by atoms with E-state index in [2.05, 4.69) is 0 Å². The summed E-state index contributed by atoms with van der Waals surface area (Å²) in [5.41, 5.74) is 1.02. The van der Waals surface area contributed by atoms with Crippen LogP contribution in [0.15, 0.2) is 18.2 Å². The molecule has 1 aromatic rings. The van der Waals surface area contributed by atoms with E-state index in [1.165, 1.54) is 14.2 Å². The lowest BCUT2D eigenvalue weighted by molar-refractivity contribution is -0.170. The van der Waals surface area contributed by atoms with Gasteiger partial charge in [-0.15, -0.1) is 0 Å². The number of hydrogen-bond acceptors (Lipinski definition) is 3. The second kappa shape index (κ2) is 5.72. The van der Waals surface area contributed by atoms with E-state index in [1.807, 2.05) is 13.0 Å². The van der Waals surface area contributed by atoms with E-state index >= 15 is 0 Å². The highest BCUT2D eigenvalue weighted by Crippen LogP contribution is 2.25. The van der Waals surface area contributed by atoms with Crippen LogP contribution in [0.1, 0.15) is 5.56 Å². The Hall–Kier alpha value is -1.26. The van der Waals surface area contributed by atoms with Crippen LogP contribution in [-0.4, -0.2) is 31.7 Å². The average molecular weight is 244 g/mol. The maximum atomic E-state index is 11.4. The summed E-state index contributed by atoms with van der Waals surface area (Å²) in [4.78, 5) is 16.1. The van der Waals surface area contributed by atoms with Gasteiger partial charge in [-0.3, -0.25) is 9.63 Å². The molecule has 0 aliphatic rings. The molecule has 0 unspecified atom stereocenters. The molecule has 0 saturated heterocycles. The fraction of sp³-hybridized carbons (Fsp3) is 0.364. The summed E-state index contributed by atoms with van der Waals surface area (Å²) in [7, 11) is 2.93. The maximum Gasteiger partial charge on any atom is 0.283 e. The van der Waals surface area contributed by atoms with Crippen molar-refractivity contribution in [2.24, 2.45) is 0 Å². The fourth-order valence-electron chi connectivity index (χ4n) is 1.05. The summed E-state index contributed by atoms with van der Waals surface area (Å²) >= 11 is 5.91. The van der Waals surface area contributed by atoms with Crippen molar-refractivity contribution in [3.63, 3.8) is 0 Å². The number of aryl methyl sites for hydroxylation is 1. The van der Waals surface area contributed by atoms with Gasteiger partial charge >= 0.3 is 0 Å². The molecular formula is C11H14ClNO3. The van der Waals surface area contributed by atoms with Gasteiger partial charge in [-0.25, -0.2) is 5.06 Å². The third-order valence-electron chi connectivity index (χ3n) is 2.06. The highest BCUT2D eigenvalue weighted by Gasteiger charge is 2.10. The Kier molecular flexibility index (Phi) is 4.58. The number of carbonyl (C=O) groups excluding carboxylic acids is 1. The first-order chi connectivity index (χ1) is 7.54. The zero-order chi connectivity index (χ0) is 12.1. The highest BCUT2D eigenvalue weighted by molar-refractivity contribution is 6.32. The third-order valence-corrected chi connectivity index (χ3v) is 2.38. The molecule has 0 spiro atoms. The number of hydrogen-bond donors (Lipinski definition) is 0. The van der Waals surface area contributed by atoms with Gasteiger partial charge in [0.1, 0.15) is 5.75 Å². The van der Waals surface area contributed by atoms with E-state index in [4.69, 9.17) is 21.2 Å². The molecule has 0 heterocycles. The van der Waals surface area contributed by atoms with Crippen molar-refractivity contribution in [2.45, 2.75) is 6.92 Å². The van der Waals surface area contributed by atoms with Crippen molar-refractivity contribution in [3.8, 4) is 5.75 Å². The summed E-state index contributed by atoms with van der Waals surface area (Å²) < 4.78 is 5.30. The van der Waals surface area contributed by atoms with E-state index in [-0.39, 0.29) is 12.5 Å². The van der Waals surface area contributed by atoms with Crippen molar-refractivity contribution in [3.05, 3.63) is 28.8 Å². The van der Waals surface area contributed by atoms with Crippen LogP contribution >= 0.6 is 11.6 Å². The first kappa shape index (κ1) is 12.8. The normalized spacial score (nSPS) is 10.0. The summed E-state index contributed by atoms with van der Waals surface area (Å²) in [5, 5.41) is 1.59. The van der Waals surface area contributed by atoms with Gasteiger partial charge in [0.15, 0.2) is 6.61 Å². The maximum absolute atomic E-state index is 11.4. The van der Waals surface area contributed by atoms with Crippen molar-refractivity contribution in [1.82, 2.24) is 5.06 Å². The monoisotopic (exact) mass is 243 g/mol. The Balaban J connectivity index is 2.61. The van der Waals surface area contributed by atoms with Crippen molar-refractivity contribution in [2.75, 3.05) is 20.8 Å². The van der Waals surface area contributed by atoms with Gasteiger partial charge in [-0.2, -0.15) is 0 Å². The SMILES string of the molecule is CON(C)C(=O)COc1cc(C)ccc1Cl. The molecule has 0 radical (unpaired) electrons. The van der Waals surface area contributed by atoms with Gasteiger partial charge in [-0.1, -0.05) is 17.7 Å². The number of benzene rings is 1. The fourth-order valence-corrected chi connectivity index (χ4v) is 1.23. The Morgan fingerprint density at radius 2 is 2.19 bits per heavy atom. The van der Waals surface area contributed by atoms with E-state index in [0.29, 0.717) is 10.8 Å². The quantitative estimate of drug-likeness (QED) is 0.760. The summed E-state index contributed by atoms with van der Waals surface area (Å²) in [6.45, 7) is 1.82. The summed E-state index contributed by atoms with van der Waals surface area (Å²) in [6.07, 6.45) is 0. The van der Waals surface area contributed by atoms with Gasteiger partial charge in [0.2, 0.25) is 0 Å². The standard InChI is InChI=1S/C11H14ClNO3/c1-8-4-5-9(12)10(6-8)16-7-11(14)13(2)15-3/h4-6H,7H2,1-3H3. The molecule has 0 bridgehead atoms. The molecule has 0 aromatic heterocycles.